The summed E-state index contributed by atoms with van der Waals surface area (Å²) in [4.78, 5) is 10.1. The van der Waals surface area contributed by atoms with Crippen molar-refractivity contribution in [1.29, 1.82) is 0 Å². The van der Waals surface area contributed by atoms with Gasteiger partial charge in [-0.05, 0) is 36.8 Å². The van der Waals surface area contributed by atoms with E-state index in [9.17, 15) is 10.1 Å². The Kier molecular flexibility index (Phi) is 3.57. The number of halogens is 1. The van der Waals surface area contributed by atoms with E-state index in [0.717, 1.165) is 5.56 Å². The van der Waals surface area contributed by atoms with E-state index in [4.69, 9.17) is 22.1 Å². The molecule has 2 aromatic carbocycles. The van der Waals surface area contributed by atoms with Crippen molar-refractivity contribution in [2.24, 2.45) is 0 Å². The molecule has 19 heavy (non-hydrogen) atoms. The first-order valence-electron chi connectivity index (χ1n) is 5.45. The summed E-state index contributed by atoms with van der Waals surface area (Å²) in [5, 5.41) is 10.8. The third-order valence-corrected chi connectivity index (χ3v) is 2.84. The van der Waals surface area contributed by atoms with E-state index in [2.05, 4.69) is 0 Å². The van der Waals surface area contributed by atoms with Crippen LogP contribution in [-0.2, 0) is 0 Å². The quantitative estimate of drug-likeness (QED) is 0.524. The van der Waals surface area contributed by atoms with Gasteiger partial charge in [-0.2, -0.15) is 0 Å². The summed E-state index contributed by atoms with van der Waals surface area (Å²) in [7, 11) is 0. The summed E-state index contributed by atoms with van der Waals surface area (Å²) in [6.45, 7) is 1.85. The molecule has 0 aliphatic rings. The van der Waals surface area contributed by atoms with Crippen LogP contribution in [0, 0.1) is 17.0 Å². The molecule has 0 saturated heterocycles. The second-order valence-electron chi connectivity index (χ2n) is 4.00. The van der Waals surface area contributed by atoms with Crippen LogP contribution in [0.2, 0.25) is 5.02 Å². The summed E-state index contributed by atoms with van der Waals surface area (Å²) in [5.74, 6) is 0.963. The van der Waals surface area contributed by atoms with Crippen LogP contribution in [0.25, 0.3) is 0 Å². The van der Waals surface area contributed by atoms with Gasteiger partial charge in [0, 0.05) is 17.8 Å². The van der Waals surface area contributed by atoms with Crippen molar-refractivity contribution in [3.05, 3.63) is 57.1 Å². The van der Waals surface area contributed by atoms with Crippen LogP contribution in [0.15, 0.2) is 36.4 Å². The topological polar surface area (TPSA) is 78.4 Å². The van der Waals surface area contributed by atoms with E-state index >= 15 is 0 Å². The lowest BCUT2D eigenvalue weighted by molar-refractivity contribution is -0.384. The van der Waals surface area contributed by atoms with Gasteiger partial charge in [0.25, 0.3) is 5.69 Å². The normalized spacial score (nSPS) is 10.2. The van der Waals surface area contributed by atoms with E-state index < -0.39 is 4.92 Å². The maximum absolute atomic E-state index is 10.6. The number of hydrogen-bond donors (Lipinski definition) is 1. The molecule has 0 saturated carbocycles. The second kappa shape index (κ2) is 5.16. The molecule has 0 atom stereocenters. The van der Waals surface area contributed by atoms with Gasteiger partial charge in [-0.1, -0.05) is 11.6 Å². The van der Waals surface area contributed by atoms with Crippen molar-refractivity contribution in [3.8, 4) is 11.5 Å². The lowest BCUT2D eigenvalue weighted by atomic mass is 10.2. The highest BCUT2D eigenvalue weighted by molar-refractivity contribution is 6.32. The molecule has 98 valence electrons. The molecule has 0 heterocycles. The van der Waals surface area contributed by atoms with E-state index in [1.165, 1.54) is 18.2 Å². The summed E-state index contributed by atoms with van der Waals surface area (Å²) < 4.78 is 5.62. The predicted molar refractivity (Wildman–Crippen MR) is 73.8 cm³/mol. The molecule has 0 amide bonds. The molecule has 0 unspecified atom stereocenters. The van der Waals surface area contributed by atoms with Crippen molar-refractivity contribution < 1.29 is 9.66 Å². The first-order valence-corrected chi connectivity index (χ1v) is 5.83. The Bertz CT molecular complexity index is 644. The molecule has 0 aliphatic heterocycles. The number of non-ortho nitro benzene ring substituents is 1. The molecule has 0 radical (unpaired) electrons. The highest BCUT2D eigenvalue weighted by atomic mass is 35.5. The minimum atomic E-state index is -0.510. The van der Waals surface area contributed by atoms with E-state index in [-0.39, 0.29) is 10.7 Å². The lowest BCUT2D eigenvalue weighted by Crippen LogP contribution is -1.92. The standard InChI is InChI=1S/C13H11ClN2O3/c1-8-6-9(15)2-4-12(8)19-13-5-3-10(16(17)18)7-11(13)14/h2-7H,15H2,1H3. The Hall–Kier alpha value is -2.27. The molecule has 6 heteroatoms. The van der Waals surface area contributed by atoms with Crippen molar-refractivity contribution in [3.63, 3.8) is 0 Å². The molecule has 0 aliphatic carbocycles. The third kappa shape index (κ3) is 2.95. The fraction of sp³-hybridized carbons (Fsp3) is 0.0769. The number of rotatable bonds is 3. The number of ether oxygens (including phenoxy) is 1. The Balaban J connectivity index is 2.31. The van der Waals surface area contributed by atoms with E-state index in [0.29, 0.717) is 17.2 Å². The van der Waals surface area contributed by atoms with Gasteiger partial charge in [-0.15, -0.1) is 0 Å². The van der Waals surface area contributed by atoms with Crippen molar-refractivity contribution in [2.75, 3.05) is 5.73 Å². The summed E-state index contributed by atoms with van der Waals surface area (Å²) in [6.07, 6.45) is 0. The summed E-state index contributed by atoms with van der Waals surface area (Å²) in [5.41, 5.74) is 7.06. The Labute approximate surface area is 114 Å². The molecular weight excluding hydrogens is 268 g/mol. The number of nitro groups is 1. The predicted octanol–water partition coefficient (Wildman–Crippen LogP) is 3.93. The molecule has 2 N–H and O–H groups in total. The first-order chi connectivity index (χ1) is 8.97. The summed E-state index contributed by atoms with van der Waals surface area (Å²) in [6, 6.07) is 9.27. The highest BCUT2D eigenvalue weighted by Crippen LogP contribution is 2.33. The zero-order chi connectivity index (χ0) is 14.0. The average Bonchev–Trinajstić information content (AvgIpc) is 2.34. The molecule has 5 nitrogen and oxygen atoms in total. The zero-order valence-electron chi connectivity index (χ0n) is 10.1. The largest absolute Gasteiger partial charge is 0.456 e. The van der Waals surface area contributed by atoms with Crippen molar-refractivity contribution >= 4 is 23.0 Å². The molecular formula is C13H11ClN2O3. The number of nitrogen functional groups attached to an aromatic ring is 1. The van der Waals surface area contributed by atoms with Gasteiger partial charge >= 0.3 is 0 Å². The number of nitro benzene ring substituents is 1. The smallest absolute Gasteiger partial charge is 0.271 e. The van der Waals surface area contributed by atoms with Crippen LogP contribution in [0.1, 0.15) is 5.56 Å². The number of nitrogens with zero attached hydrogens (tertiary/aromatic N) is 1. The molecule has 2 rings (SSSR count). The Morgan fingerprint density at radius 1 is 1.21 bits per heavy atom. The monoisotopic (exact) mass is 278 g/mol. The van der Waals surface area contributed by atoms with E-state index in [1.54, 1.807) is 18.2 Å². The fourth-order valence-corrected chi connectivity index (χ4v) is 1.81. The fourth-order valence-electron chi connectivity index (χ4n) is 1.59. The average molecular weight is 279 g/mol. The van der Waals surface area contributed by atoms with Crippen LogP contribution >= 0.6 is 11.6 Å². The van der Waals surface area contributed by atoms with Crippen LogP contribution in [0.3, 0.4) is 0 Å². The van der Waals surface area contributed by atoms with Gasteiger partial charge in [-0.3, -0.25) is 10.1 Å². The van der Waals surface area contributed by atoms with Crippen molar-refractivity contribution in [2.45, 2.75) is 6.92 Å². The van der Waals surface area contributed by atoms with Crippen LogP contribution in [0.5, 0.6) is 11.5 Å². The van der Waals surface area contributed by atoms with Crippen LogP contribution < -0.4 is 10.5 Å². The van der Waals surface area contributed by atoms with E-state index in [1.807, 2.05) is 6.92 Å². The van der Waals surface area contributed by atoms with Crippen LogP contribution in [-0.4, -0.2) is 4.92 Å². The summed E-state index contributed by atoms with van der Waals surface area (Å²) >= 11 is 5.95. The minimum absolute atomic E-state index is 0.0774. The number of benzene rings is 2. The second-order valence-corrected chi connectivity index (χ2v) is 4.41. The van der Waals surface area contributed by atoms with Gasteiger partial charge in [-0.25, -0.2) is 0 Å². The molecule has 0 bridgehead atoms. The first kappa shape index (κ1) is 13.2. The molecule has 2 aromatic rings. The maximum atomic E-state index is 10.6. The number of hydrogen-bond acceptors (Lipinski definition) is 4. The molecule has 0 spiro atoms. The van der Waals surface area contributed by atoms with Crippen molar-refractivity contribution in [1.82, 2.24) is 0 Å². The van der Waals surface area contributed by atoms with Gasteiger partial charge in [0.05, 0.1) is 9.95 Å². The highest BCUT2D eigenvalue weighted by Gasteiger charge is 2.11. The Morgan fingerprint density at radius 3 is 2.47 bits per heavy atom. The lowest BCUT2D eigenvalue weighted by Gasteiger charge is -2.10. The minimum Gasteiger partial charge on any atom is -0.456 e. The molecule has 0 aromatic heterocycles. The SMILES string of the molecule is Cc1cc(N)ccc1Oc1ccc([N+](=O)[O-])cc1Cl. The van der Waals surface area contributed by atoms with Gasteiger partial charge in [0.1, 0.15) is 11.5 Å². The third-order valence-electron chi connectivity index (χ3n) is 2.55. The number of anilines is 1. The number of nitrogens with two attached hydrogens (primary N) is 1. The molecule has 0 fully saturated rings. The van der Waals surface area contributed by atoms with Crippen LogP contribution in [0.4, 0.5) is 11.4 Å². The van der Waals surface area contributed by atoms with Gasteiger partial charge in [0.15, 0.2) is 0 Å². The zero-order valence-corrected chi connectivity index (χ0v) is 10.8. The number of aryl methyl sites for hydroxylation is 1. The van der Waals surface area contributed by atoms with Gasteiger partial charge in [0.2, 0.25) is 0 Å². The maximum Gasteiger partial charge on any atom is 0.271 e. The van der Waals surface area contributed by atoms with Gasteiger partial charge < -0.3 is 10.5 Å². The Morgan fingerprint density at radius 2 is 1.89 bits per heavy atom.